The van der Waals surface area contributed by atoms with Gasteiger partial charge in [-0.2, -0.15) is 11.1 Å². The van der Waals surface area contributed by atoms with Gasteiger partial charge in [0.15, 0.2) is 23.3 Å². The molecule has 0 amide bonds. The van der Waals surface area contributed by atoms with Crippen LogP contribution in [-0.2, 0) is 23.3 Å². The van der Waals surface area contributed by atoms with Crippen LogP contribution in [0.2, 0.25) is 13.1 Å². The first-order valence-corrected chi connectivity index (χ1v) is 16.4. The van der Waals surface area contributed by atoms with Gasteiger partial charge in [0.2, 0.25) is 0 Å². The molecule has 0 aromatic heterocycles. The second-order valence-corrected chi connectivity index (χ2v) is 17.4. The molecule has 0 fully saturated rings. The van der Waals surface area contributed by atoms with Gasteiger partial charge in [0.25, 0.3) is 0 Å². The van der Waals surface area contributed by atoms with Crippen LogP contribution in [0.1, 0.15) is 27.7 Å². The second-order valence-electron chi connectivity index (χ2n) is 7.98. The minimum atomic E-state index is -1.79. The van der Waals surface area contributed by atoms with Crippen molar-refractivity contribution < 1.29 is 40.9 Å². The summed E-state index contributed by atoms with van der Waals surface area (Å²) in [6, 6.07) is 11.0. The van der Waals surface area contributed by atoms with E-state index in [9.17, 15) is 17.6 Å². The third kappa shape index (κ3) is 7.98. The van der Waals surface area contributed by atoms with E-state index in [1.807, 2.05) is 0 Å². The number of hydrogen-bond donors (Lipinski definition) is 0. The second kappa shape index (κ2) is 14.5. The number of halogens is 6. The van der Waals surface area contributed by atoms with E-state index in [1.54, 1.807) is 59.7 Å². The Hall–Kier alpha value is -1.07. The Balaban J connectivity index is 0.000000614. The van der Waals surface area contributed by atoms with Gasteiger partial charge in [0, 0.05) is 0 Å². The average molecular weight is 607 g/mol. The fourth-order valence-electron chi connectivity index (χ4n) is 3.32. The summed E-state index contributed by atoms with van der Waals surface area (Å²) >= 11 is 1.74. The maximum atomic E-state index is 13.8. The first kappa shape index (κ1) is 32.9. The van der Waals surface area contributed by atoms with E-state index >= 15 is 0 Å². The summed E-state index contributed by atoms with van der Waals surface area (Å²) in [5, 5.41) is 1.48. The number of benzene rings is 2. The molecule has 1 aliphatic carbocycles. The maximum absolute atomic E-state index is 13.8. The van der Waals surface area contributed by atoms with Crippen LogP contribution in [0.15, 0.2) is 59.2 Å². The van der Waals surface area contributed by atoms with Gasteiger partial charge in [-0.25, -0.2) is 23.1 Å². The summed E-state index contributed by atoms with van der Waals surface area (Å²) in [5.41, 5.74) is 4.51. The zero-order valence-electron chi connectivity index (χ0n) is 19.9. The van der Waals surface area contributed by atoms with Gasteiger partial charge in [-0.1, -0.05) is 32.8 Å². The summed E-state index contributed by atoms with van der Waals surface area (Å²) in [7, 11) is 0. The Morgan fingerprint density at radius 1 is 0.912 bits per heavy atom. The molecule has 0 bridgehead atoms. The molecule has 0 aliphatic heterocycles. The van der Waals surface area contributed by atoms with Gasteiger partial charge in [0.05, 0.1) is 0 Å². The SMILES string of the molecule is CC1=[C-]C(C)C(C)=C1C.C[Si](C)=[Zr+2].Cl.Cl.Fc1cc(-c2c[cH-]c3ccccc23)c(F)c(F)c1F. The number of hydrogen-bond acceptors (Lipinski definition) is 0. The first-order chi connectivity index (χ1) is 15.0. The third-order valence-corrected chi connectivity index (χ3v) is 5.31. The fraction of sp³-hybridized carbons (Fsp3) is 0.269. The molecule has 0 N–H and O–H groups in total. The zero-order chi connectivity index (χ0) is 24.2. The first-order valence-electron chi connectivity index (χ1n) is 10.2. The van der Waals surface area contributed by atoms with Crippen molar-refractivity contribution in [3.63, 3.8) is 0 Å². The molecule has 4 rings (SSSR count). The van der Waals surface area contributed by atoms with Crippen molar-refractivity contribution in [1.29, 1.82) is 0 Å². The summed E-state index contributed by atoms with van der Waals surface area (Å²) in [5.74, 6) is -5.81. The number of rotatable bonds is 1. The molecule has 0 radical (unpaired) electrons. The molecule has 0 spiro atoms. The summed E-state index contributed by atoms with van der Waals surface area (Å²) in [4.78, 5) is 0. The van der Waals surface area contributed by atoms with Crippen LogP contribution in [-0.4, -0.2) is 5.43 Å². The minimum absolute atomic E-state index is 0. The van der Waals surface area contributed by atoms with E-state index in [0.29, 0.717) is 22.9 Å². The van der Waals surface area contributed by atoms with Crippen LogP contribution in [0.25, 0.3) is 21.9 Å². The van der Waals surface area contributed by atoms with E-state index in [1.165, 1.54) is 16.7 Å². The van der Waals surface area contributed by atoms with Gasteiger partial charge in [-0.15, -0.1) is 78.4 Å². The van der Waals surface area contributed by atoms with Gasteiger partial charge < -0.3 is 0 Å². The van der Waals surface area contributed by atoms with E-state index in [0.717, 1.165) is 5.39 Å². The molecule has 0 heterocycles. The molecule has 0 nitrogen and oxygen atoms in total. The Labute approximate surface area is 227 Å². The topological polar surface area (TPSA) is 0 Å². The summed E-state index contributed by atoms with van der Waals surface area (Å²) in [6.07, 6.45) is 3.36. The molecule has 1 aliphatic rings. The quantitative estimate of drug-likeness (QED) is 0.0852. The Morgan fingerprint density at radius 2 is 1.47 bits per heavy atom. The third-order valence-electron chi connectivity index (χ3n) is 5.31. The van der Waals surface area contributed by atoms with Crippen molar-refractivity contribution >= 4 is 41.0 Å². The Morgan fingerprint density at radius 3 is 1.94 bits per heavy atom. The fourth-order valence-corrected chi connectivity index (χ4v) is 3.32. The van der Waals surface area contributed by atoms with Gasteiger partial charge >= 0.3 is 41.9 Å². The van der Waals surface area contributed by atoms with E-state index in [4.69, 9.17) is 0 Å². The smallest absolute Gasteiger partial charge is 0.197 e. The van der Waals surface area contributed by atoms with Crippen LogP contribution in [0.3, 0.4) is 0 Å². The standard InChI is InChI=1S/C15H7F4.C9H13.C2H6Si.2ClH.Zr/c16-12-7-11(13(17)15(19)14(12)18)10-6-5-8-3-1-2-4-9(8)10;1-6-5-7(2)9(4)8(6)3;1-3-2;;;/h1-7H;6H,1-4H3;1-2H3;2*1H;/q2*-1;;;;+2. The molecule has 3 aromatic carbocycles. The van der Waals surface area contributed by atoms with Crippen molar-refractivity contribution in [2.75, 3.05) is 0 Å². The van der Waals surface area contributed by atoms with Crippen LogP contribution < -0.4 is 0 Å². The molecule has 8 heteroatoms. The summed E-state index contributed by atoms with van der Waals surface area (Å²) < 4.78 is 53.2. The molecule has 182 valence electrons. The number of allylic oxidation sites excluding steroid dienone is 4. The minimum Gasteiger partial charge on any atom is -0.204 e. The van der Waals surface area contributed by atoms with Crippen LogP contribution >= 0.6 is 24.8 Å². The van der Waals surface area contributed by atoms with Gasteiger partial charge in [0.1, 0.15) is 0 Å². The monoisotopic (exact) mass is 604 g/mol. The van der Waals surface area contributed by atoms with Crippen molar-refractivity contribution in [2.24, 2.45) is 5.92 Å². The molecule has 0 saturated heterocycles. The van der Waals surface area contributed by atoms with Crippen LogP contribution in [0.4, 0.5) is 17.6 Å². The molecule has 0 saturated carbocycles. The Kier molecular flexibility index (Phi) is 14.0. The van der Waals surface area contributed by atoms with Crippen LogP contribution in [0.5, 0.6) is 0 Å². The number of fused-ring (bicyclic) bond motifs is 1. The summed E-state index contributed by atoms with van der Waals surface area (Å²) in [6.45, 7) is 13.3. The zero-order valence-corrected chi connectivity index (χ0v) is 25.0. The Bertz CT molecular complexity index is 1210. The van der Waals surface area contributed by atoms with E-state index < -0.39 is 23.3 Å². The normalized spacial score (nSPS) is 14.2. The van der Waals surface area contributed by atoms with E-state index in [-0.39, 0.29) is 35.8 Å². The maximum Gasteiger partial charge on any atom is 0.197 e. The van der Waals surface area contributed by atoms with Crippen molar-refractivity contribution in [1.82, 2.24) is 0 Å². The molecule has 1 unspecified atom stereocenters. The predicted molar refractivity (Wildman–Crippen MR) is 137 cm³/mol. The van der Waals surface area contributed by atoms with E-state index in [2.05, 4.69) is 46.9 Å². The average Bonchev–Trinajstić information content (AvgIpc) is 3.26. The van der Waals surface area contributed by atoms with Crippen molar-refractivity contribution in [3.05, 3.63) is 88.5 Å². The predicted octanol–water partition coefficient (Wildman–Crippen LogP) is 9.13. The van der Waals surface area contributed by atoms with Crippen LogP contribution in [0, 0.1) is 35.3 Å². The molecule has 34 heavy (non-hydrogen) atoms. The van der Waals surface area contributed by atoms with Gasteiger partial charge in [-0.05, 0) is 11.6 Å². The van der Waals surface area contributed by atoms with Crippen molar-refractivity contribution in [2.45, 2.75) is 40.8 Å². The van der Waals surface area contributed by atoms with Crippen molar-refractivity contribution in [3.8, 4) is 11.1 Å². The molecular formula is C26H28Cl2F4SiZr. The molecule has 1 atom stereocenters. The largest absolute Gasteiger partial charge is 0.204 e. The van der Waals surface area contributed by atoms with Gasteiger partial charge in [-0.3, -0.25) is 6.08 Å². The molecule has 3 aromatic rings. The molecular weight excluding hydrogens is 578 g/mol.